The number of pyridine rings is 1. The molecule has 1 aliphatic rings. The SMILES string of the molecule is O=C(CCOc1cccnc1Cl)NC1CC1. The standard InChI is InChI=1S/C11H13ClN2O2/c12-11-9(2-1-6-13-11)16-7-5-10(15)14-8-3-4-8/h1-2,6,8H,3-5,7H2,(H,14,15). The van der Waals surface area contributed by atoms with Crippen LogP contribution in [0.1, 0.15) is 19.3 Å². The molecule has 5 heteroatoms. The minimum absolute atomic E-state index is 0.0301. The Morgan fingerprint density at radius 3 is 3.12 bits per heavy atom. The lowest BCUT2D eigenvalue weighted by Crippen LogP contribution is -2.26. The van der Waals surface area contributed by atoms with E-state index in [9.17, 15) is 4.79 Å². The average molecular weight is 241 g/mol. The number of carbonyl (C=O) groups is 1. The molecule has 0 bridgehead atoms. The van der Waals surface area contributed by atoms with E-state index in [0.29, 0.717) is 30.0 Å². The van der Waals surface area contributed by atoms with Crippen molar-refractivity contribution in [3.05, 3.63) is 23.5 Å². The van der Waals surface area contributed by atoms with Crippen molar-refractivity contribution in [2.45, 2.75) is 25.3 Å². The molecule has 0 radical (unpaired) electrons. The number of carbonyl (C=O) groups excluding carboxylic acids is 1. The summed E-state index contributed by atoms with van der Waals surface area (Å²) in [5.74, 6) is 0.547. The number of halogens is 1. The Labute approximate surface area is 99.0 Å². The fourth-order valence-corrected chi connectivity index (χ4v) is 1.43. The molecule has 0 aromatic carbocycles. The Hall–Kier alpha value is -1.29. The molecule has 1 fully saturated rings. The van der Waals surface area contributed by atoms with E-state index in [2.05, 4.69) is 10.3 Å². The van der Waals surface area contributed by atoms with Crippen LogP contribution in [0.3, 0.4) is 0 Å². The monoisotopic (exact) mass is 240 g/mol. The summed E-state index contributed by atoms with van der Waals surface area (Å²) in [7, 11) is 0. The van der Waals surface area contributed by atoms with Gasteiger partial charge in [-0.25, -0.2) is 4.98 Å². The van der Waals surface area contributed by atoms with E-state index in [1.165, 1.54) is 0 Å². The van der Waals surface area contributed by atoms with Gasteiger partial charge in [-0.1, -0.05) is 11.6 Å². The lowest BCUT2D eigenvalue weighted by molar-refractivity contribution is -0.121. The maximum absolute atomic E-state index is 11.3. The van der Waals surface area contributed by atoms with Gasteiger partial charge in [0.2, 0.25) is 5.91 Å². The van der Waals surface area contributed by atoms with Crippen LogP contribution in [-0.4, -0.2) is 23.5 Å². The van der Waals surface area contributed by atoms with Gasteiger partial charge in [-0.05, 0) is 25.0 Å². The van der Waals surface area contributed by atoms with Gasteiger partial charge in [0.25, 0.3) is 0 Å². The topological polar surface area (TPSA) is 51.2 Å². The predicted octanol–water partition coefficient (Wildman–Crippen LogP) is 1.78. The third kappa shape index (κ3) is 3.38. The lowest BCUT2D eigenvalue weighted by atomic mass is 10.4. The molecule has 1 heterocycles. The Morgan fingerprint density at radius 2 is 2.44 bits per heavy atom. The molecular weight excluding hydrogens is 228 g/mol. The molecule has 0 saturated heterocycles. The molecule has 2 rings (SSSR count). The summed E-state index contributed by atoms with van der Waals surface area (Å²) in [6.07, 6.45) is 4.14. The molecule has 0 atom stereocenters. The average Bonchev–Trinajstić information content (AvgIpc) is 3.05. The van der Waals surface area contributed by atoms with Crippen LogP contribution in [0.5, 0.6) is 5.75 Å². The van der Waals surface area contributed by atoms with Crippen LogP contribution < -0.4 is 10.1 Å². The Kier molecular flexibility index (Phi) is 3.62. The second-order valence-electron chi connectivity index (χ2n) is 3.73. The van der Waals surface area contributed by atoms with Crippen molar-refractivity contribution in [1.29, 1.82) is 0 Å². The fourth-order valence-electron chi connectivity index (χ4n) is 1.26. The molecule has 0 unspecified atom stereocenters. The van der Waals surface area contributed by atoms with Gasteiger partial charge >= 0.3 is 0 Å². The smallest absolute Gasteiger partial charge is 0.223 e. The second-order valence-corrected chi connectivity index (χ2v) is 4.09. The number of hydrogen-bond donors (Lipinski definition) is 1. The van der Waals surface area contributed by atoms with Crippen molar-refractivity contribution in [3.63, 3.8) is 0 Å². The number of ether oxygens (including phenoxy) is 1. The van der Waals surface area contributed by atoms with Gasteiger partial charge in [0.1, 0.15) is 0 Å². The van der Waals surface area contributed by atoms with E-state index in [0.717, 1.165) is 12.8 Å². The largest absolute Gasteiger partial charge is 0.490 e. The molecule has 4 nitrogen and oxygen atoms in total. The van der Waals surface area contributed by atoms with Crippen molar-refractivity contribution >= 4 is 17.5 Å². The molecule has 1 saturated carbocycles. The van der Waals surface area contributed by atoms with Crippen LogP contribution in [0, 0.1) is 0 Å². The van der Waals surface area contributed by atoms with E-state index >= 15 is 0 Å². The van der Waals surface area contributed by atoms with Gasteiger partial charge < -0.3 is 10.1 Å². The summed E-state index contributed by atoms with van der Waals surface area (Å²) in [5, 5.41) is 3.21. The summed E-state index contributed by atoms with van der Waals surface area (Å²) < 4.78 is 5.35. The first-order chi connectivity index (χ1) is 7.75. The minimum Gasteiger partial charge on any atom is -0.490 e. The van der Waals surface area contributed by atoms with Crippen LogP contribution in [0.2, 0.25) is 5.15 Å². The van der Waals surface area contributed by atoms with E-state index in [4.69, 9.17) is 16.3 Å². The molecule has 1 aliphatic carbocycles. The normalized spacial score (nSPS) is 14.6. The van der Waals surface area contributed by atoms with Crippen molar-refractivity contribution in [3.8, 4) is 5.75 Å². The fraction of sp³-hybridized carbons (Fsp3) is 0.455. The zero-order valence-corrected chi connectivity index (χ0v) is 9.54. The van der Waals surface area contributed by atoms with E-state index in [-0.39, 0.29) is 5.91 Å². The number of amides is 1. The quantitative estimate of drug-likeness (QED) is 0.799. The van der Waals surface area contributed by atoms with Gasteiger partial charge in [0, 0.05) is 12.2 Å². The summed E-state index contributed by atoms with van der Waals surface area (Å²) in [5.41, 5.74) is 0. The van der Waals surface area contributed by atoms with E-state index in [1.807, 2.05) is 0 Å². The highest BCUT2D eigenvalue weighted by Crippen LogP contribution is 2.21. The Balaban J connectivity index is 1.70. The molecule has 1 aromatic heterocycles. The van der Waals surface area contributed by atoms with Crippen LogP contribution in [0.15, 0.2) is 18.3 Å². The summed E-state index contributed by atoms with van der Waals surface area (Å²) in [4.78, 5) is 15.2. The van der Waals surface area contributed by atoms with Crippen LogP contribution in [0.4, 0.5) is 0 Å². The summed E-state index contributed by atoms with van der Waals surface area (Å²) in [6.45, 7) is 0.323. The van der Waals surface area contributed by atoms with E-state index in [1.54, 1.807) is 18.3 Å². The first-order valence-electron chi connectivity index (χ1n) is 5.28. The van der Waals surface area contributed by atoms with Crippen molar-refractivity contribution < 1.29 is 9.53 Å². The van der Waals surface area contributed by atoms with Crippen molar-refractivity contribution in [2.75, 3.05) is 6.61 Å². The van der Waals surface area contributed by atoms with E-state index < -0.39 is 0 Å². The molecule has 86 valence electrons. The highest BCUT2D eigenvalue weighted by molar-refractivity contribution is 6.30. The van der Waals surface area contributed by atoms with Gasteiger partial charge in [-0.15, -0.1) is 0 Å². The van der Waals surface area contributed by atoms with Crippen LogP contribution >= 0.6 is 11.6 Å². The van der Waals surface area contributed by atoms with Gasteiger partial charge in [-0.2, -0.15) is 0 Å². The maximum atomic E-state index is 11.3. The number of nitrogens with zero attached hydrogens (tertiary/aromatic N) is 1. The number of hydrogen-bond acceptors (Lipinski definition) is 3. The maximum Gasteiger partial charge on any atom is 0.223 e. The Morgan fingerprint density at radius 1 is 1.62 bits per heavy atom. The molecule has 0 aliphatic heterocycles. The first-order valence-corrected chi connectivity index (χ1v) is 5.66. The van der Waals surface area contributed by atoms with Crippen molar-refractivity contribution in [2.24, 2.45) is 0 Å². The molecule has 0 spiro atoms. The molecule has 1 aromatic rings. The van der Waals surface area contributed by atoms with Crippen molar-refractivity contribution in [1.82, 2.24) is 10.3 Å². The first kappa shape index (κ1) is 11.2. The third-order valence-corrected chi connectivity index (χ3v) is 2.54. The van der Waals surface area contributed by atoms with Gasteiger partial charge in [0.05, 0.1) is 13.0 Å². The van der Waals surface area contributed by atoms with Gasteiger partial charge in [-0.3, -0.25) is 4.79 Å². The second kappa shape index (κ2) is 5.16. The molecule has 16 heavy (non-hydrogen) atoms. The predicted molar refractivity (Wildman–Crippen MR) is 60.5 cm³/mol. The molecule has 1 amide bonds. The minimum atomic E-state index is 0.0301. The summed E-state index contributed by atoms with van der Waals surface area (Å²) in [6, 6.07) is 3.87. The third-order valence-electron chi connectivity index (χ3n) is 2.25. The number of nitrogens with one attached hydrogen (secondary N) is 1. The van der Waals surface area contributed by atoms with Crippen LogP contribution in [0.25, 0.3) is 0 Å². The Bertz CT molecular complexity index is 380. The number of rotatable bonds is 5. The van der Waals surface area contributed by atoms with Crippen LogP contribution in [-0.2, 0) is 4.79 Å². The molecule has 1 N–H and O–H groups in total. The lowest BCUT2D eigenvalue weighted by Gasteiger charge is -2.07. The van der Waals surface area contributed by atoms with Gasteiger partial charge in [0.15, 0.2) is 10.9 Å². The summed E-state index contributed by atoms with van der Waals surface area (Å²) >= 11 is 5.80. The zero-order valence-electron chi connectivity index (χ0n) is 8.78. The highest BCUT2D eigenvalue weighted by Gasteiger charge is 2.22. The number of aromatic nitrogens is 1. The zero-order chi connectivity index (χ0) is 11.4. The molecular formula is C11H13ClN2O2. The highest BCUT2D eigenvalue weighted by atomic mass is 35.5.